The van der Waals surface area contributed by atoms with E-state index in [0.717, 1.165) is 16.7 Å². The van der Waals surface area contributed by atoms with Crippen LogP contribution in [0.3, 0.4) is 0 Å². The average molecular weight is 332 g/mol. The number of ether oxygens (including phenoxy) is 1. The smallest absolute Gasteiger partial charge is 0.222 e. The molecule has 0 radical (unpaired) electrons. The van der Waals surface area contributed by atoms with Gasteiger partial charge in [0.2, 0.25) is 5.88 Å². The molecule has 6 nitrogen and oxygen atoms in total. The van der Waals surface area contributed by atoms with Crippen molar-refractivity contribution < 1.29 is 14.9 Å². The van der Waals surface area contributed by atoms with Crippen LogP contribution >= 0.6 is 0 Å². The first kappa shape index (κ1) is 18.2. The summed E-state index contributed by atoms with van der Waals surface area (Å²) >= 11 is 0. The Morgan fingerprint density at radius 2 is 2.17 bits per heavy atom. The fourth-order valence-electron chi connectivity index (χ4n) is 2.88. The van der Waals surface area contributed by atoms with Crippen LogP contribution in [-0.4, -0.2) is 34.1 Å². The van der Waals surface area contributed by atoms with Gasteiger partial charge < -0.3 is 19.5 Å². The summed E-state index contributed by atoms with van der Waals surface area (Å²) in [6, 6.07) is 5.56. The highest BCUT2D eigenvalue weighted by Gasteiger charge is 2.20. The van der Waals surface area contributed by atoms with Gasteiger partial charge in [-0.15, -0.1) is 4.91 Å². The van der Waals surface area contributed by atoms with Gasteiger partial charge in [0, 0.05) is 32.1 Å². The van der Waals surface area contributed by atoms with Gasteiger partial charge in [-0.05, 0) is 37.6 Å². The number of hydrogen-bond acceptors (Lipinski definition) is 5. The number of rotatable bonds is 7. The first-order valence-electron chi connectivity index (χ1n) is 7.84. The first-order valence-corrected chi connectivity index (χ1v) is 7.84. The molecule has 1 aromatic carbocycles. The number of nitroso groups, excluding NO2 is 1. The lowest BCUT2D eigenvalue weighted by Gasteiger charge is -2.20. The summed E-state index contributed by atoms with van der Waals surface area (Å²) in [5.41, 5.74) is 1.67. The largest absolute Gasteiger partial charge is 0.493 e. The summed E-state index contributed by atoms with van der Waals surface area (Å²) in [6.07, 6.45) is 2.22. The molecule has 1 atom stereocenters. The minimum atomic E-state index is -1.000. The zero-order valence-corrected chi connectivity index (χ0v) is 14.5. The van der Waals surface area contributed by atoms with Gasteiger partial charge in [0.1, 0.15) is 0 Å². The molecule has 24 heavy (non-hydrogen) atoms. The van der Waals surface area contributed by atoms with Gasteiger partial charge in [-0.1, -0.05) is 23.8 Å². The Kier molecular flexibility index (Phi) is 5.41. The number of benzene rings is 1. The molecule has 130 valence electrons. The Morgan fingerprint density at radius 1 is 1.46 bits per heavy atom. The van der Waals surface area contributed by atoms with Gasteiger partial charge in [0.25, 0.3) is 0 Å². The molecule has 0 aliphatic rings. The quantitative estimate of drug-likeness (QED) is 0.597. The van der Waals surface area contributed by atoms with Crippen LogP contribution in [0.4, 0.5) is 5.69 Å². The van der Waals surface area contributed by atoms with E-state index in [1.54, 1.807) is 30.7 Å². The van der Waals surface area contributed by atoms with Crippen molar-refractivity contribution in [3.63, 3.8) is 0 Å². The van der Waals surface area contributed by atoms with Gasteiger partial charge in [0.05, 0.1) is 11.1 Å². The zero-order chi connectivity index (χ0) is 17.9. The van der Waals surface area contributed by atoms with Crippen LogP contribution in [0, 0.1) is 11.8 Å². The molecule has 0 aliphatic heterocycles. The Bertz CT molecular complexity index is 775. The predicted molar refractivity (Wildman–Crippen MR) is 94.7 cm³/mol. The zero-order valence-electron chi connectivity index (χ0n) is 14.5. The van der Waals surface area contributed by atoms with Crippen LogP contribution in [0.25, 0.3) is 10.9 Å². The Labute approximate surface area is 141 Å². The van der Waals surface area contributed by atoms with Crippen molar-refractivity contribution in [2.24, 2.45) is 5.18 Å². The van der Waals surface area contributed by atoms with Crippen molar-refractivity contribution in [3.8, 4) is 5.88 Å². The van der Waals surface area contributed by atoms with Crippen molar-refractivity contribution >= 4 is 16.6 Å². The summed E-state index contributed by atoms with van der Waals surface area (Å²) in [4.78, 5) is 11.1. The fraction of sp³-hybridized carbons (Fsp3) is 0.444. The van der Waals surface area contributed by atoms with Gasteiger partial charge in [-0.25, -0.2) is 0 Å². The first-order chi connectivity index (χ1) is 11.3. The van der Waals surface area contributed by atoms with Crippen molar-refractivity contribution in [1.82, 2.24) is 4.57 Å². The summed E-state index contributed by atoms with van der Waals surface area (Å²) < 4.78 is 6.64. The SMILES string of the molecule is COCCC(C)(O)/C=C(\C)Cn1c(O)c(N=O)c2ccc(C)cc21. The molecular formula is C18H24N2O4. The van der Waals surface area contributed by atoms with Gasteiger partial charge in [-0.3, -0.25) is 0 Å². The van der Waals surface area contributed by atoms with E-state index < -0.39 is 5.60 Å². The molecule has 2 rings (SSSR count). The number of aromatic nitrogens is 1. The molecule has 0 amide bonds. The van der Waals surface area contributed by atoms with Crippen LogP contribution < -0.4 is 0 Å². The lowest BCUT2D eigenvalue weighted by Crippen LogP contribution is -2.23. The molecule has 2 aromatic rings. The second-order valence-electron chi connectivity index (χ2n) is 6.46. The topological polar surface area (TPSA) is 84.1 Å². The minimum Gasteiger partial charge on any atom is -0.493 e. The van der Waals surface area contributed by atoms with Crippen LogP contribution in [-0.2, 0) is 11.3 Å². The lowest BCUT2D eigenvalue weighted by molar-refractivity contribution is 0.0642. The van der Waals surface area contributed by atoms with Crippen LogP contribution in [0.1, 0.15) is 25.8 Å². The lowest BCUT2D eigenvalue weighted by atomic mass is 9.99. The van der Waals surface area contributed by atoms with E-state index >= 15 is 0 Å². The van der Waals surface area contributed by atoms with E-state index in [-0.39, 0.29) is 11.6 Å². The van der Waals surface area contributed by atoms with Crippen molar-refractivity contribution in [3.05, 3.63) is 40.3 Å². The third-order valence-electron chi connectivity index (χ3n) is 4.04. The maximum absolute atomic E-state index is 11.1. The highest BCUT2D eigenvalue weighted by molar-refractivity contribution is 5.95. The van der Waals surface area contributed by atoms with Gasteiger partial charge in [0.15, 0.2) is 5.69 Å². The number of allylic oxidation sites excluding steroid dienone is 1. The van der Waals surface area contributed by atoms with Crippen LogP contribution in [0.5, 0.6) is 5.88 Å². The summed E-state index contributed by atoms with van der Waals surface area (Å²) in [5.74, 6) is -0.158. The normalized spacial score (nSPS) is 14.8. The third-order valence-corrected chi connectivity index (χ3v) is 4.04. The van der Waals surface area contributed by atoms with Crippen molar-refractivity contribution in [1.29, 1.82) is 0 Å². The van der Waals surface area contributed by atoms with E-state index in [9.17, 15) is 15.1 Å². The molecular weight excluding hydrogens is 308 g/mol. The average Bonchev–Trinajstić information content (AvgIpc) is 2.76. The Morgan fingerprint density at radius 3 is 2.79 bits per heavy atom. The molecule has 0 saturated heterocycles. The molecule has 0 aliphatic carbocycles. The number of aryl methyl sites for hydroxylation is 1. The molecule has 0 fully saturated rings. The van der Waals surface area contributed by atoms with Gasteiger partial charge >= 0.3 is 0 Å². The third kappa shape index (κ3) is 3.83. The van der Waals surface area contributed by atoms with Crippen molar-refractivity contribution in [2.75, 3.05) is 13.7 Å². The molecule has 1 aromatic heterocycles. The molecule has 2 N–H and O–H groups in total. The molecule has 1 unspecified atom stereocenters. The highest BCUT2D eigenvalue weighted by atomic mass is 16.5. The number of fused-ring (bicyclic) bond motifs is 1. The van der Waals surface area contributed by atoms with E-state index in [2.05, 4.69) is 5.18 Å². The number of nitrogens with zero attached hydrogens (tertiary/aromatic N) is 2. The second kappa shape index (κ2) is 7.15. The van der Waals surface area contributed by atoms with E-state index in [0.29, 0.717) is 25.0 Å². The number of aliphatic hydroxyl groups is 1. The molecule has 0 spiro atoms. The Hall–Kier alpha value is -2.18. The maximum atomic E-state index is 11.1. The monoisotopic (exact) mass is 332 g/mol. The maximum Gasteiger partial charge on any atom is 0.222 e. The highest BCUT2D eigenvalue weighted by Crippen LogP contribution is 2.39. The van der Waals surface area contributed by atoms with Crippen LogP contribution in [0.2, 0.25) is 0 Å². The number of methoxy groups -OCH3 is 1. The Balaban J connectivity index is 2.40. The molecule has 1 heterocycles. The number of aromatic hydroxyl groups is 1. The van der Waals surface area contributed by atoms with E-state index in [1.807, 2.05) is 26.0 Å². The van der Waals surface area contributed by atoms with Crippen molar-refractivity contribution in [2.45, 2.75) is 39.3 Å². The second-order valence-corrected chi connectivity index (χ2v) is 6.46. The molecule has 0 bridgehead atoms. The summed E-state index contributed by atoms with van der Waals surface area (Å²) in [5, 5.41) is 24.3. The molecule has 6 heteroatoms. The van der Waals surface area contributed by atoms with E-state index in [4.69, 9.17) is 4.74 Å². The fourth-order valence-corrected chi connectivity index (χ4v) is 2.88. The predicted octanol–water partition coefficient (Wildman–Crippen LogP) is 3.79. The van der Waals surface area contributed by atoms with Crippen LogP contribution in [0.15, 0.2) is 35.0 Å². The standard InChI is InChI=1S/C18H24N2O4/c1-12-5-6-14-15(9-12)20(17(21)16(14)19-23)11-13(2)10-18(3,22)7-8-24-4/h5-6,9-10,21-22H,7-8,11H2,1-4H3/b13-10+. The minimum absolute atomic E-state index is 0.0453. The van der Waals surface area contributed by atoms with Gasteiger partial charge in [-0.2, -0.15) is 0 Å². The molecule has 0 saturated carbocycles. The summed E-state index contributed by atoms with van der Waals surface area (Å²) in [7, 11) is 1.59. The number of hydrogen-bond donors (Lipinski definition) is 2. The summed E-state index contributed by atoms with van der Waals surface area (Å²) in [6.45, 7) is 6.33. The van der Waals surface area contributed by atoms with E-state index in [1.165, 1.54) is 0 Å².